The minimum Gasteiger partial charge on any atom is -0.448 e. The Labute approximate surface area is 149 Å². The number of aromatic nitrogens is 1. The highest BCUT2D eigenvalue weighted by Crippen LogP contribution is 2.31. The number of anilines is 3. The van der Waals surface area contributed by atoms with E-state index in [1.54, 1.807) is 20.2 Å². The third-order valence-electron chi connectivity index (χ3n) is 4.23. The molecule has 0 bridgehead atoms. The molecule has 0 saturated heterocycles. The maximum Gasteiger partial charge on any atom is 0.219 e. The second-order valence-electron chi connectivity index (χ2n) is 5.86. The predicted octanol–water partition coefficient (Wildman–Crippen LogP) is 3.56. The van der Waals surface area contributed by atoms with Gasteiger partial charge in [0.15, 0.2) is 12.1 Å². The summed E-state index contributed by atoms with van der Waals surface area (Å²) >= 11 is 0. The van der Waals surface area contributed by atoms with Gasteiger partial charge in [-0.2, -0.15) is 4.98 Å². The Morgan fingerprint density at radius 1 is 1.32 bits per heavy atom. The van der Waals surface area contributed by atoms with Gasteiger partial charge in [-0.1, -0.05) is 25.1 Å². The largest absolute Gasteiger partial charge is 0.448 e. The number of rotatable bonds is 8. The van der Waals surface area contributed by atoms with E-state index in [2.05, 4.69) is 47.7 Å². The van der Waals surface area contributed by atoms with Crippen LogP contribution in [-0.2, 0) is 17.7 Å². The van der Waals surface area contributed by atoms with E-state index in [9.17, 15) is 0 Å². The topological polar surface area (TPSA) is 81.4 Å². The van der Waals surface area contributed by atoms with Crippen LogP contribution < -0.4 is 21.1 Å². The van der Waals surface area contributed by atoms with Gasteiger partial charge in [0.1, 0.15) is 0 Å². The first-order valence-corrected chi connectivity index (χ1v) is 8.49. The lowest BCUT2D eigenvalue weighted by atomic mass is 10.00. The number of nitrogens with zero attached hydrogens (tertiary/aromatic N) is 1. The Balaban J connectivity index is 2.28. The number of pyridine rings is 1. The van der Waals surface area contributed by atoms with Crippen LogP contribution in [0.25, 0.3) is 0 Å². The van der Waals surface area contributed by atoms with Crippen molar-refractivity contribution in [3.8, 4) is 5.88 Å². The SMILES string of the molecule is CCc1cccc(C)c1CNc1cc(OC(C)OC)nc(NC)c1N. The fourth-order valence-corrected chi connectivity index (χ4v) is 2.68. The summed E-state index contributed by atoms with van der Waals surface area (Å²) in [7, 11) is 3.37. The van der Waals surface area contributed by atoms with Crippen molar-refractivity contribution in [2.45, 2.75) is 40.0 Å². The number of methoxy groups -OCH3 is 1. The van der Waals surface area contributed by atoms with Crippen molar-refractivity contribution < 1.29 is 9.47 Å². The average Bonchev–Trinajstić information content (AvgIpc) is 2.62. The van der Waals surface area contributed by atoms with Crippen LogP contribution in [0.5, 0.6) is 5.88 Å². The molecule has 6 heteroatoms. The van der Waals surface area contributed by atoms with E-state index in [0.717, 1.165) is 12.1 Å². The van der Waals surface area contributed by atoms with Crippen LogP contribution in [0.2, 0.25) is 0 Å². The van der Waals surface area contributed by atoms with E-state index >= 15 is 0 Å². The third kappa shape index (κ3) is 4.54. The lowest BCUT2D eigenvalue weighted by Crippen LogP contribution is -2.16. The van der Waals surface area contributed by atoms with E-state index in [1.165, 1.54) is 16.7 Å². The number of hydrogen-bond donors (Lipinski definition) is 3. The highest BCUT2D eigenvalue weighted by Gasteiger charge is 2.13. The third-order valence-corrected chi connectivity index (χ3v) is 4.23. The molecule has 0 aliphatic rings. The van der Waals surface area contributed by atoms with Gasteiger partial charge in [-0.15, -0.1) is 0 Å². The lowest BCUT2D eigenvalue weighted by Gasteiger charge is -2.18. The molecule has 2 aromatic rings. The lowest BCUT2D eigenvalue weighted by molar-refractivity contribution is -0.0408. The minimum absolute atomic E-state index is 0.392. The summed E-state index contributed by atoms with van der Waals surface area (Å²) in [5.74, 6) is 1.03. The van der Waals surface area contributed by atoms with Crippen LogP contribution in [0.4, 0.5) is 17.2 Å². The van der Waals surface area contributed by atoms with E-state index in [4.69, 9.17) is 15.2 Å². The molecule has 2 rings (SSSR count). The quantitative estimate of drug-likeness (QED) is 0.635. The standard InChI is InChI=1S/C19H28N4O2/c1-6-14-9-7-8-12(2)15(14)11-22-16-10-17(25-13(3)24-5)23-19(21-4)18(16)20/h7-10,13H,6,11,20H2,1-5H3,(H2,21,22,23). The van der Waals surface area contributed by atoms with Crippen LogP contribution in [0, 0.1) is 6.92 Å². The first kappa shape index (κ1) is 18.9. The number of hydrogen-bond acceptors (Lipinski definition) is 6. The molecule has 0 aliphatic heterocycles. The van der Waals surface area contributed by atoms with Crippen molar-refractivity contribution in [3.05, 3.63) is 41.0 Å². The van der Waals surface area contributed by atoms with Gasteiger partial charge in [0.05, 0.1) is 11.4 Å². The molecule has 1 aromatic heterocycles. The molecule has 4 N–H and O–H groups in total. The molecule has 0 amide bonds. The highest BCUT2D eigenvalue weighted by molar-refractivity contribution is 5.78. The zero-order valence-corrected chi connectivity index (χ0v) is 15.6. The zero-order chi connectivity index (χ0) is 18.4. The smallest absolute Gasteiger partial charge is 0.219 e. The molecule has 1 aromatic carbocycles. The number of benzene rings is 1. The number of nitrogen functional groups attached to an aromatic ring is 1. The second-order valence-corrected chi connectivity index (χ2v) is 5.86. The molecule has 1 unspecified atom stereocenters. The monoisotopic (exact) mass is 344 g/mol. The summed E-state index contributed by atoms with van der Waals surface area (Å²) in [4.78, 5) is 4.37. The van der Waals surface area contributed by atoms with Crippen molar-refractivity contribution in [1.29, 1.82) is 0 Å². The number of ether oxygens (including phenoxy) is 2. The Morgan fingerprint density at radius 3 is 2.72 bits per heavy atom. The predicted molar refractivity (Wildman–Crippen MR) is 103 cm³/mol. The Kier molecular flexibility index (Phi) is 6.47. The van der Waals surface area contributed by atoms with Gasteiger partial charge in [-0.05, 0) is 37.0 Å². The summed E-state index contributed by atoms with van der Waals surface area (Å²) in [6, 6.07) is 8.18. The summed E-state index contributed by atoms with van der Waals surface area (Å²) in [6.07, 6.45) is 0.600. The van der Waals surface area contributed by atoms with Gasteiger partial charge >= 0.3 is 0 Å². The number of nitrogens with one attached hydrogen (secondary N) is 2. The van der Waals surface area contributed by atoms with Gasteiger partial charge < -0.3 is 25.8 Å². The average molecular weight is 344 g/mol. The summed E-state index contributed by atoms with van der Waals surface area (Å²) in [6.45, 7) is 6.79. The van der Waals surface area contributed by atoms with E-state index in [1.807, 2.05) is 6.92 Å². The van der Waals surface area contributed by atoms with Gasteiger partial charge in [0.25, 0.3) is 0 Å². The molecule has 1 heterocycles. The number of aryl methyl sites for hydroxylation is 2. The molecule has 1 atom stereocenters. The summed E-state index contributed by atoms with van der Waals surface area (Å²) in [5.41, 5.74) is 11.5. The molecule has 0 spiro atoms. The fourth-order valence-electron chi connectivity index (χ4n) is 2.68. The number of nitrogens with two attached hydrogens (primary N) is 1. The van der Waals surface area contributed by atoms with Crippen LogP contribution in [-0.4, -0.2) is 25.4 Å². The molecule has 0 fully saturated rings. The van der Waals surface area contributed by atoms with Gasteiger partial charge in [-0.25, -0.2) is 0 Å². The summed E-state index contributed by atoms with van der Waals surface area (Å²) in [5, 5.41) is 6.43. The molecule has 0 saturated carbocycles. The Hall–Kier alpha value is -2.47. The van der Waals surface area contributed by atoms with Crippen LogP contribution in [0.15, 0.2) is 24.3 Å². The first-order chi connectivity index (χ1) is 12.0. The van der Waals surface area contributed by atoms with E-state index < -0.39 is 6.29 Å². The van der Waals surface area contributed by atoms with Crippen molar-refractivity contribution >= 4 is 17.2 Å². The van der Waals surface area contributed by atoms with Crippen LogP contribution in [0.3, 0.4) is 0 Å². The maximum absolute atomic E-state index is 6.22. The normalized spacial score (nSPS) is 11.9. The van der Waals surface area contributed by atoms with Gasteiger partial charge in [0, 0.05) is 26.8 Å². The van der Waals surface area contributed by atoms with Crippen molar-refractivity contribution in [2.75, 3.05) is 30.5 Å². The Bertz CT molecular complexity index is 719. The molecule has 6 nitrogen and oxygen atoms in total. The highest BCUT2D eigenvalue weighted by atomic mass is 16.7. The van der Waals surface area contributed by atoms with E-state index in [-0.39, 0.29) is 0 Å². The van der Waals surface area contributed by atoms with Gasteiger partial charge in [-0.3, -0.25) is 0 Å². The minimum atomic E-state index is -0.392. The molecule has 136 valence electrons. The summed E-state index contributed by atoms with van der Waals surface area (Å²) < 4.78 is 10.8. The molecular formula is C19H28N4O2. The van der Waals surface area contributed by atoms with Crippen molar-refractivity contribution in [2.24, 2.45) is 0 Å². The first-order valence-electron chi connectivity index (χ1n) is 8.49. The fraction of sp³-hybridized carbons (Fsp3) is 0.421. The molecule has 0 radical (unpaired) electrons. The zero-order valence-electron chi connectivity index (χ0n) is 15.6. The Morgan fingerprint density at radius 2 is 2.08 bits per heavy atom. The molecule has 25 heavy (non-hydrogen) atoms. The van der Waals surface area contributed by atoms with Crippen LogP contribution in [0.1, 0.15) is 30.5 Å². The molecule has 0 aliphatic carbocycles. The molecular weight excluding hydrogens is 316 g/mol. The van der Waals surface area contributed by atoms with Crippen molar-refractivity contribution in [1.82, 2.24) is 4.98 Å². The van der Waals surface area contributed by atoms with Gasteiger partial charge in [0.2, 0.25) is 5.88 Å². The van der Waals surface area contributed by atoms with E-state index in [0.29, 0.717) is 23.9 Å². The maximum atomic E-state index is 6.22. The van der Waals surface area contributed by atoms with Crippen LogP contribution >= 0.6 is 0 Å². The second kappa shape index (κ2) is 8.58. The van der Waals surface area contributed by atoms with Crippen molar-refractivity contribution in [3.63, 3.8) is 0 Å².